The molecule has 0 aromatic rings. The minimum Gasteiger partial charge on any atom is -0.458 e. The van der Waals surface area contributed by atoms with Gasteiger partial charge in [-0.15, -0.1) is 0 Å². The lowest BCUT2D eigenvalue weighted by Crippen LogP contribution is -2.48. The van der Waals surface area contributed by atoms with Crippen molar-refractivity contribution in [2.24, 2.45) is 5.92 Å². The van der Waals surface area contributed by atoms with Crippen LogP contribution in [0.3, 0.4) is 0 Å². The van der Waals surface area contributed by atoms with Crippen molar-refractivity contribution in [3.8, 4) is 0 Å². The first-order valence-corrected chi connectivity index (χ1v) is 6.54. The van der Waals surface area contributed by atoms with Gasteiger partial charge in [-0.1, -0.05) is 13.8 Å². The van der Waals surface area contributed by atoms with Gasteiger partial charge in [0.15, 0.2) is 0 Å². The molecule has 5 heteroatoms. The maximum absolute atomic E-state index is 12.0. The average Bonchev–Trinajstić information content (AvgIpc) is 2.07. The van der Waals surface area contributed by atoms with E-state index in [0.29, 0.717) is 0 Å². The summed E-state index contributed by atoms with van der Waals surface area (Å²) < 4.78 is 10.4. The number of hydrogen-bond donors (Lipinski definition) is 1. The van der Waals surface area contributed by atoms with Crippen LogP contribution in [0, 0.1) is 5.92 Å². The molecule has 0 saturated heterocycles. The summed E-state index contributed by atoms with van der Waals surface area (Å²) in [7, 11) is 0. The Morgan fingerprint density at radius 1 is 0.895 bits per heavy atom. The van der Waals surface area contributed by atoms with Crippen molar-refractivity contribution in [2.45, 2.75) is 72.6 Å². The number of carbonyl (C=O) groups excluding carboxylic acids is 2. The Balaban J connectivity index is 4.67. The summed E-state index contributed by atoms with van der Waals surface area (Å²) >= 11 is 0. The highest BCUT2D eigenvalue weighted by molar-refractivity contribution is 5.82. The normalized spacial score (nSPS) is 13.9. The van der Waals surface area contributed by atoms with E-state index in [9.17, 15) is 9.59 Å². The lowest BCUT2D eigenvalue weighted by Gasteiger charge is -2.27. The van der Waals surface area contributed by atoms with Gasteiger partial charge >= 0.3 is 12.1 Å². The monoisotopic (exact) mass is 273 g/mol. The van der Waals surface area contributed by atoms with Gasteiger partial charge in [-0.3, -0.25) is 0 Å². The maximum Gasteiger partial charge on any atom is 0.408 e. The molecule has 0 unspecified atom stereocenters. The predicted octanol–water partition coefficient (Wildman–Crippen LogP) is 2.88. The fourth-order valence-electron chi connectivity index (χ4n) is 1.30. The van der Waals surface area contributed by atoms with Crippen LogP contribution in [0.25, 0.3) is 0 Å². The van der Waals surface area contributed by atoms with E-state index in [1.165, 1.54) is 0 Å². The Kier molecular flexibility index (Phi) is 5.84. The summed E-state index contributed by atoms with van der Waals surface area (Å²) in [5.41, 5.74) is -1.18. The average molecular weight is 273 g/mol. The summed E-state index contributed by atoms with van der Waals surface area (Å²) in [6.07, 6.45) is -0.614. The van der Waals surface area contributed by atoms with Crippen LogP contribution in [-0.2, 0) is 14.3 Å². The molecule has 19 heavy (non-hydrogen) atoms. The van der Waals surface area contributed by atoms with Crippen LogP contribution in [0.5, 0.6) is 0 Å². The van der Waals surface area contributed by atoms with Gasteiger partial charge in [0.05, 0.1) is 0 Å². The largest absolute Gasteiger partial charge is 0.458 e. The quantitative estimate of drug-likeness (QED) is 0.803. The first kappa shape index (κ1) is 17.7. The Morgan fingerprint density at radius 2 is 1.32 bits per heavy atom. The molecule has 1 amide bonds. The van der Waals surface area contributed by atoms with E-state index in [1.807, 2.05) is 13.8 Å². The molecule has 0 bridgehead atoms. The molecule has 1 N–H and O–H groups in total. The van der Waals surface area contributed by atoms with Gasteiger partial charge in [0, 0.05) is 0 Å². The van der Waals surface area contributed by atoms with Crippen molar-refractivity contribution in [2.75, 3.05) is 0 Å². The number of rotatable bonds is 3. The Morgan fingerprint density at radius 3 is 1.63 bits per heavy atom. The SMILES string of the molecule is CC(C)[C@@H](NC(=O)OC(C)(C)C)C(=O)OC(C)(C)C. The van der Waals surface area contributed by atoms with Crippen molar-refractivity contribution in [1.82, 2.24) is 5.32 Å². The first-order valence-electron chi connectivity index (χ1n) is 6.54. The molecule has 0 aromatic heterocycles. The second-order valence-electron chi connectivity index (χ2n) is 6.90. The lowest BCUT2D eigenvalue weighted by molar-refractivity contribution is -0.158. The van der Waals surface area contributed by atoms with E-state index in [-0.39, 0.29) is 5.92 Å². The van der Waals surface area contributed by atoms with E-state index in [4.69, 9.17) is 9.47 Å². The molecule has 0 radical (unpaired) electrons. The summed E-state index contributed by atoms with van der Waals surface area (Å²) in [6, 6.07) is -0.714. The molecule has 0 aromatic carbocycles. The van der Waals surface area contributed by atoms with Crippen molar-refractivity contribution in [3.05, 3.63) is 0 Å². The van der Waals surface area contributed by atoms with Crippen LogP contribution in [0.2, 0.25) is 0 Å². The minimum absolute atomic E-state index is 0.0811. The zero-order valence-electron chi connectivity index (χ0n) is 13.3. The van der Waals surface area contributed by atoms with Gasteiger partial charge in [-0.05, 0) is 47.5 Å². The van der Waals surface area contributed by atoms with Gasteiger partial charge in [-0.2, -0.15) is 0 Å². The van der Waals surface area contributed by atoms with Gasteiger partial charge in [0.25, 0.3) is 0 Å². The third-order valence-corrected chi connectivity index (χ3v) is 2.00. The van der Waals surface area contributed by atoms with Crippen LogP contribution in [0.1, 0.15) is 55.4 Å². The van der Waals surface area contributed by atoms with Crippen molar-refractivity contribution < 1.29 is 19.1 Å². The molecule has 112 valence electrons. The summed E-state index contributed by atoms with van der Waals surface area (Å²) in [5, 5.41) is 2.56. The fourth-order valence-corrected chi connectivity index (χ4v) is 1.30. The third kappa shape index (κ3) is 8.46. The fraction of sp³-hybridized carbons (Fsp3) is 0.857. The molecule has 0 spiro atoms. The Bertz CT molecular complexity index is 323. The number of alkyl carbamates (subject to hydrolysis) is 1. The first-order chi connectivity index (χ1) is 8.32. The van der Waals surface area contributed by atoms with Gasteiger partial charge in [-0.25, -0.2) is 9.59 Å². The van der Waals surface area contributed by atoms with Crippen molar-refractivity contribution >= 4 is 12.1 Å². The second-order valence-corrected chi connectivity index (χ2v) is 6.90. The summed E-state index contributed by atoms with van der Waals surface area (Å²) in [4.78, 5) is 23.7. The Labute approximate surface area is 116 Å². The molecule has 0 saturated carbocycles. The maximum atomic E-state index is 12.0. The van der Waals surface area contributed by atoms with Crippen molar-refractivity contribution in [3.63, 3.8) is 0 Å². The molecule has 1 atom stereocenters. The number of carbonyl (C=O) groups is 2. The van der Waals surface area contributed by atoms with Crippen LogP contribution < -0.4 is 5.32 Å². The number of esters is 1. The molecule has 0 fully saturated rings. The lowest BCUT2D eigenvalue weighted by atomic mass is 10.0. The highest BCUT2D eigenvalue weighted by Crippen LogP contribution is 2.13. The Hall–Kier alpha value is -1.26. The predicted molar refractivity (Wildman–Crippen MR) is 73.8 cm³/mol. The van der Waals surface area contributed by atoms with E-state index >= 15 is 0 Å². The molecule has 0 heterocycles. The molecule has 0 aliphatic carbocycles. The van der Waals surface area contributed by atoms with E-state index in [2.05, 4.69) is 5.32 Å². The van der Waals surface area contributed by atoms with Crippen LogP contribution in [0.4, 0.5) is 4.79 Å². The van der Waals surface area contributed by atoms with Gasteiger partial charge in [0.1, 0.15) is 17.2 Å². The summed E-state index contributed by atoms with van der Waals surface area (Å²) in [6.45, 7) is 14.3. The number of nitrogens with one attached hydrogen (secondary N) is 1. The topological polar surface area (TPSA) is 64.6 Å². The minimum atomic E-state index is -0.714. The number of hydrogen-bond acceptors (Lipinski definition) is 4. The highest BCUT2D eigenvalue weighted by atomic mass is 16.6. The summed E-state index contributed by atoms with van der Waals surface area (Å²) in [5.74, 6) is -0.532. The van der Waals surface area contributed by atoms with Crippen LogP contribution in [0.15, 0.2) is 0 Å². The standard InChI is InChI=1S/C14H27NO4/c1-9(2)10(11(16)18-13(3,4)5)15-12(17)19-14(6,7)8/h9-10H,1-8H3,(H,15,17)/t10-/m1/s1. The van der Waals surface area contributed by atoms with Crippen LogP contribution >= 0.6 is 0 Å². The van der Waals surface area contributed by atoms with Crippen LogP contribution in [-0.4, -0.2) is 29.3 Å². The molecule has 0 aliphatic rings. The second kappa shape index (κ2) is 6.26. The van der Waals surface area contributed by atoms with Crippen molar-refractivity contribution in [1.29, 1.82) is 0 Å². The van der Waals surface area contributed by atoms with E-state index < -0.39 is 29.3 Å². The van der Waals surface area contributed by atoms with E-state index in [1.54, 1.807) is 41.5 Å². The molecular weight excluding hydrogens is 246 g/mol. The zero-order valence-corrected chi connectivity index (χ0v) is 13.3. The molecule has 5 nitrogen and oxygen atoms in total. The highest BCUT2D eigenvalue weighted by Gasteiger charge is 2.30. The zero-order chi connectivity index (χ0) is 15.4. The number of ether oxygens (including phenoxy) is 2. The molecular formula is C14H27NO4. The number of amides is 1. The van der Waals surface area contributed by atoms with Gasteiger partial charge in [0.2, 0.25) is 0 Å². The molecule has 0 rings (SSSR count). The molecule has 0 aliphatic heterocycles. The smallest absolute Gasteiger partial charge is 0.408 e. The van der Waals surface area contributed by atoms with Gasteiger partial charge < -0.3 is 14.8 Å². The van der Waals surface area contributed by atoms with E-state index in [0.717, 1.165) is 0 Å². The third-order valence-electron chi connectivity index (χ3n) is 2.00.